The molecular formula is C13H17N5O3. The van der Waals surface area contributed by atoms with E-state index in [1.54, 1.807) is 36.3 Å². The third-order valence-corrected chi connectivity index (χ3v) is 2.59. The normalized spacial score (nSPS) is 11.3. The van der Waals surface area contributed by atoms with E-state index in [0.29, 0.717) is 11.8 Å². The summed E-state index contributed by atoms with van der Waals surface area (Å²) in [7, 11) is 5.23. The van der Waals surface area contributed by atoms with E-state index < -0.39 is 0 Å². The zero-order chi connectivity index (χ0) is 15.2. The molecule has 1 aromatic carbocycles. The van der Waals surface area contributed by atoms with Crippen LogP contribution in [0.15, 0.2) is 33.9 Å². The minimum absolute atomic E-state index is 0.0533. The maximum Gasteiger partial charge on any atom is 0.269 e. The topological polar surface area (TPSA) is 99.0 Å². The fraction of sp³-hybridized carbons (Fsp3) is 0.308. The molecule has 2 rings (SSSR count). The van der Waals surface area contributed by atoms with Gasteiger partial charge < -0.3 is 24.7 Å². The van der Waals surface area contributed by atoms with Crippen molar-refractivity contribution in [3.8, 4) is 5.75 Å². The summed E-state index contributed by atoms with van der Waals surface area (Å²) in [5.74, 6) is 1.80. The second-order valence-corrected chi connectivity index (χ2v) is 4.36. The molecule has 0 bridgehead atoms. The van der Waals surface area contributed by atoms with Crippen molar-refractivity contribution in [2.75, 3.05) is 26.1 Å². The molecule has 0 fully saturated rings. The van der Waals surface area contributed by atoms with Crippen molar-refractivity contribution >= 4 is 11.8 Å². The van der Waals surface area contributed by atoms with Gasteiger partial charge >= 0.3 is 0 Å². The first kappa shape index (κ1) is 14.6. The second kappa shape index (κ2) is 6.60. The molecule has 8 nitrogen and oxygen atoms in total. The monoisotopic (exact) mass is 291 g/mol. The fourth-order valence-electron chi connectivity index (χ4n) is 1.46. The molecule has 0 unspecified atom stereocenters. The first-order valence-electron chi connectivity index (χ1n) is 6.20. The summed E-state index contributed by atoms with van der Waals surface area (Å²) in [5, 5.41) is 7.57. The van der Waals surface area contributed by atoms with Gasteiger partial charge in [0.25, 0.3) is 11.8 Å². The van der Waals surface area contributed by atoms with Crippen LogP contribution in [0.4, 0.5) is 5.95 Å². The van der Waals surface area contributed by atoms with Crippen LogP contribution in [0.3, 0.4) is 0 Å². The highest BCUT2D eigenvalue weighted by Crippen LogP contribution is 2.11. The Morgan fingerprint density at radius 3 is 2.62 bits per heavy atom. The van der Waals surface area contributed by atoms with Crippen LogP contribution in [-0.2, 0) is 11.4 Å². The number of aromatic nitrogens is 2. The lowest BCUT2D eigenvalue weighted by molar-refractivity contribution is 0.105. The molecule has 0 spiro atoms. The van der Waals surface area contributed by atoms with Crippen LogP contribution in [0.1, 0.15) is 11.5 Å². The number of benzene rings is 1. The lowest BCUT2D eigenvalue weighted by Gasteiger charge is -2.03. The summed E-state index contributed by atoms with van der Waals surface area (Å²) >= 11 is 0. The average molecular weight is 291 g/mol. The Morgan fingerprint density at radius 2 is 2.05 bits per heavy atom. The van der Waals surface area contributed by atoms with Gasteiger partial charge in [0.05, 0.1) is 7.11 Å². The molecule has 2 N–H and O–H groups in total. The molecule has 0 saturated heterocycles. The molecule has 0 amide bonds. The van der Waals surface area contributed by atoms with Gasteiger partial charge in [0.1, 0.15) is 5.75 Å². The molecule has 0 radical (unpaired) electrons. The minimum atomic E-state index is 0.0533. The number of hydrogen-bond donors (Lipinski definition) is 1. The van der Waals surface area contributed by atoms with Gasteiger partial charge in [-0.2, -0.15) is 4.98 Å². The molecule has 1 heterocycles. The van der Waals surface area contributed by atoms with E-state index in [2.05, 4.69) is 15.3 Å². The summed E-state index contributed by atoms with van der Waals surface area (Å²) in [6.45, 7) is 0.0533. The van der Waals surface area contributed by atoms with Crippen molar-refractivity contribution in [1.29, 1.82) is 0 Å². The van der Waals surface area contributed by atoms with Gasteiger partial charge in [-0.05, 0) is 29.4 Å². The Balaban J connectivity index is 1.93. The van der Waals surface area contributed by atoms with Crippen LogP contribution in [0, 0.1) is 0 Å². The first-order chi connectivity index (χ1) is 10.1. The molecule has 0 aliphatic heterocycles. The van der Waals surface area contributed by atoms with E-state index in [1.165, 1.54) is 0 Å². The van der Waals surface area contributed by atoms with E-state index in [0.717, 1.165) is 11.3 Å². The summed E-state index contributed by atoms with van der Waals surface area (Å²) in [5.41, 5.74) is 6.55. The number of ether oxygens (including phenoxy) is 1. The zero-order valence-electron chi connectivity index (χ0n) is 12.1. The van der Waals surface area contributed by atoms with Crippen LogP contribution in [-0.4, -0.2) is 37.2 Å². The van der Waals surface area contributed by atoms with Crippen LogP contribution in [0.5, 0.6) is 5.75 Å². The largest absolute Gasteiger partial charge is 0.497 e. The Labute approximate surface area is 122 Å². The molecule has 0 atom stereocenters. The summed E-state index contributed by atoms with van der Waals surface area (Å²) in [4.78, 5) is 10.9. The van der Waals surface area contributed by atoms with E-state index in [1.807, 2.05) is 14.1 Å². The molecule has 1 aromatic heterocycles. The summed E-state index contributed by atoms with van der Waals surface area (Å²) in [6.07, 6.45) is 0. The van der Waals surface area contributed by atoms with Gasteiger partial charge in [0, 0.05) is 19.7 Å². The number of hydrogen-bond acceptors (Lipinski definition) is 7. The highest BCUT2D eigenvalue weighted by Gasteiger charge is 2.08. The van der Waals surface area contributed by atoms with Crippen molar-refractivity contribution in [3.63, 3.8) is 0 Å². The third-order valence-electron chi connectivity index (χ3n) is 2.59. The highest BCUT2D eigenvalue weighted by molar-refractivity contribution is 5.97. The summed E-state index contributed by atoms with van der Waals surface area (Å²) < 4.78 is 10.1. The lowest BCUT2D eigenvalue weighted by Crippen LogP contribution is -2.13. The quantitative estimate of drug-likeness (QED) is 0.481. The van der Waals surface area contributed by atoms with Crippen molar-refractivity contribution in [3.05, 3.63) is 35.7 Å². The fourth-order valence-corrected chi connectivity index (χ4v) is 1.46. The van der Waals surface area contributed by atoms with Gasteiger partial charge in [-0.15, -0.1) is 0 Å². The molecule has 0 saturated carbocycles. The second-order valence-electron chi connectivity index (χ2n) is 4.36. The number of nitrogens with zero attached hydrogens (tertiary/aromatic N) is 4. The molecule has 21 heavy (non-hydrogen) atoms. The Kier molecular flexibility index (Phi) is 4.60. The first-order valence-corrected chi connectivity index (χ1v) is 6.20. The van der Waals surface area contributed by atoms with Crippen LogP contribution >= 0.6 is 0 Å². The van der Waals surface area contributed by atoms with E-state index in [9.17, 15) is 0 Å². The maximum absolute atomic E-state index is 5.81. The number of anilines is 1. The molecular weight excluding hydrogens is 274 g/mol. The van der Waals surface area contributed by atoms with Gasteiger partial charge in [0.15, 0.2) is 12.4 Å². The number of rotatable bonds is 6. The van der Waals surface area contributed by atoms with Crippen molar-refractivity contribution in [2.24, 2.45) is 10.9 Å². The standard InChI is InChI=1S/C13H17N5O3/c1-18(2)13-15-11(21-17-13)8-20-16-12(14)9-4-6-10(19-3)7-5-9/h4-7H,8H2,1-3H3,(H2,14,16). The molecule has 0 aliphatic rings. The number of amidine groups is 1. The minimum Gasteiger partial charge on any atom is -0.497 e. The van der Waals surface area contributed by atoms with Crippen molar-refractivity contribution in [1.82, 2.24) is 10.1 Å². The molecule has 0 aliphatic carbocycles. The van der Waals surface area contributed by atoms with Crippen LogP contribution in [0.25, 0.3) is 0 Å². The third kappa shape index (κ3) is 3.85. The van der Waals surface area contributed by atoms with Crippen molar-refractivity contribution in [2.45, 2.75) is 6.61 Å². The number of oxime groups is 1. The SMILES string of the molecule is COc1ccc(/C(N)=N/OCc2nc(N(C)C)no2)cc1. The number of nitrogens with two attached hydrogens (primary N) is 1. The van der Waals surface area contributed by atoms with Gasteiger partial charge in [0.2, 0.25) is 0 Å². The predicted molar refractivity (Wildman–Crippen MR) is 77.1 cm³/mol. The molecule has 8 heteroatoms. The van der Waals surface area contributed by atoms with Crippen LogP contribution < -0.4 is 15.4 Å². The van der Waals surface area contributed by atoms with Crippen LogP contribution in [0.2, 0.25) is 0 Å². The Bertz CT molecular complexity index is 607. The van der Waals surface area contributed by atoms with E-state index >= 15 is 0 Å². The van der Waals surface area contributed by atoms with Gasteiger partial charge in [-0.1, -0.05) is 5.16 Å². The molecule has 112 valence electrons. The van der Waals surface area contributed by atoms with Gasteiger partial charge in [-0.3, -0.25) is 0 Å². The van der Waals surface area contributed by atoms with E-state index in [4.69, 9.17) is 19.8 Å². The van der Waals surface area contributed by atoms with E-state index in [-0.39, 0.29) is 12.4 Å². The lowest BCUT2D eigenvalue weighted by atomic mass is 10.2. The van der Waals surface area contributed by atoms with Crippen molar-refractivity contribution < 1.29 is 14.1 Å². The predicted octanol–water partition coefficient (Wildman–Crippen LogP) is 0.981. The Hall–Kier alpha value is -2.77. The van der Waals surface area contributed by atoms with Gasteiger partial charge in [-0.25, -0.2) is 0 Å². The average Bonchev–Trinajstić information content (AvgIpc) is 2.96. The summed E-state index contributed by atoms with van der Waals surface area (Å²) in [6, 6.07) is 7.16. The molecule has 2 aromatic rings. The Morgan fingerprint density at radius 1 is 1.33 bits per heavy atom. The highest BCUT2D eigenvalue weighted by atomic mass is 16.6. The smallest absolute Gasteiger partial charge is 0.269 e. The maximum atomic E-state index is 5.81. The number of methoxy groups -OCH3 is 1. The zero-order valence-corrected chi connectivity index (χ0v) is 12.1.